The van der Waals surface area contributed by atoms with E-state index in [9.17, 15) is 32.8 Å². The van der Waals surface area contributed by atoms with Crippen LogP contribution in [0.25, 0.3) is 22.8 Å². The van der Waals surface area contributed by atoms with Gasteiger partial charge in [-0.1, -0.05) is 42.5 Å². The Hall–Kier alpha value is -5.94. The van der Waals surface area contributed by atoms with E-state index in [4.69, 9.17) is 0 Å². The van der Waals surface area contributed by atoms with Crippen LogP contribution in [0.15, 0.2) is 102 Å². The number of imidazole rings is 1. The lowest BCUT2D eigenvalue weighted by atomic mass is 10.1. The lowest BCUT2D eigenvalue weighted by molar-refractivity contribution is -0.862. The van der Waals surface area contributed by atoms with Crippen molar-refractivity contribution in [2.45, 2.75) is 32.0 Å². The van der Waals surface area contributed by atoms with E-state index >= 15 is 0 Å². The summed E-state index contributed by atoms with van der Waals surface area (Å²) in [6.45, 7) is 2.75. The highest BCUT2D eigenvalue weighted by atomic mass is 19.4. The van der Waals surface area contributed by atoms with Crippen molar-refractivity contribution in [3.63, 3.8) is 0 Å². The van der Waals surface area contributed by atoms with Gasteiger partial charge < -0.3 is 14.7 Å². The Morgan fingerprint density at radius 1 is 0.923 bits per heavy atom. The summed E-state index contributed by atoms with van der Waals surface area (Å²) < 4.78 is 44.8. The summed E-state index contributed by atoms with van der Waals surface area (Å²) in [5.74, 6) is 0.0145. The number of alkyl halides is 3. The van der Waals surface area contributed by atoms with Gasteiger partial charge >= 0.3 is 17.9 Å². The number of quaternary nitrogens is 1. The fourth-order valence-electron chi connectivity index (χ4n) is 5.99. The fraction of sp³-hybridized carbons (Fsp3) is 0.289. The zero-order chi connectivity index (χ0) is 37.6. The Morgan fingerprint density at radius 3 is 2.10 bits per heavy atom. The smallest absolute Gasteiger partial charge is 0.338 e. The predicted octanol–water partition coefficient (Wildman–Crippen LogP) is 5.63. The van der Waals surface area contributed by atoms with Gasteiger partial charge in [0, 0.05) is 19.1 Å². The number of amides is 2. The molecule has 0 saturated carbocycles. The van der Waals surface area contributed by atoms with Crippen LogP contribution in [-0.4, -0.2) is 87.1 Å². The van der Waals surface area contributed by atoms with Crippen LogP contribution in [0.5, 0.6) is 0 Å². The number of nitrogens with zero attached hydrogens (tertiary/aromatic N) is 7. The Balaban J connectivity index is 0.000000790. The molecule has 1 aliphatic rings. The third kappa shape index (κ3) is 8.67. The van der Waals surface area contributed by atoms with Crippen LogP contribution in [-0.2, 0) is 11.0 Å². The number of carbonyl (C=O) groups excluding carboxylic acids is 2. The number of halogens is 3. The molecule has 3 aromatic carbocycles. The predicted molar refractivity (Wildman–Crippen MR) is 190 cm³/mol. The summed E-state index contributed by atoms with van der Waals surface area (Å²) >= 11 is 0. The molecular weight excluding hydrogens is 673 g/mol. The van der Waals surface area contributed by atoms with Crippen molar-refractivity contribution in [1.29, 1.82) is 5.26 Å². The standard InChI is InChI=1S/C32H33F3N8O3.C6H6/c1-21-29(27-12-15-37-42(27)25-10-8-22(19-36)9-11-25)41(31(46)40(21)26-7-5-6-23(18-26)32(33,34)35)30(45)38-24-13-16-39(17-14-24)28(44)20-43(2,3)4;1-2-4-6-5-3-1/h5-12,15,18,24H,13-14,16-17,20H2,1-4H3;1-6H/p+1. The molecule has 0 radical (unpaired) electrons. The van der Waals surface area contributed by atoms with Gasteiger partial charge in [-0.25, -0.2) is 18.8 Å². The van der Waals surface area contributed by atoms with Gasteiger partial charge in [-0.2, -0.15) is 23.5 Å². The van der Waals surface area contributed by atoms with Gasteiger partial charge in [-0.15, -0.1) is 0 Å². The molecule has 2 amide bonds. The third-order valence-corrected chi connectivity index (χ3v) is 8.50. The van der Waals surface area contributed by atoms with Crippen molar-refractivity contribution in [2.24, 2.45) is 0 Å². The van der Waals surface area contributed by atoms with E-state index in [-0.39, 0.29) is 29.0 Å². The first kappa shape index (κ1) is 37.3. The van der Waals surface area contributed by atoms with Gasteiger partial charge in [0.25, 0.3) is 5.91 Å². The van der Waals surface area contributed by atoms with Crippen molar-refractivity contribution in [3.05, 3.63) is 124 Å². The quantitative estimate of drug-likeness (QED) is 0.229. The number of hydrogen-bond donors (Lipinski definition) is 1. The maximum absolute atomic E-state index is 14.0. The minimum absolute atomic E-state index is 0.0145. The van der Waals surface area contributed by atoms with Gasteiger partial charge in [0.1, 0.15) is 5.69 Å². The monoisotopic (exact) mass is 713 g/mol. The Morgan fingerprint density at radius 2 is 1.54 bits per heavy atom. The number of likely N-dealkylation sites (N-methyl/N-ethyl adjacent to an activating group) is 1. The molecule has 1 saturated heterocycles. The van der Waals surface area contributed by atoms with Gasteiger partial charge in [0.15, 0.2) is 6.54 Å². The molecule has 0 spiro atoms. The number of nitriles is 1. The highest BCUT2D eigenvalue weighted by Gasteiger charge is 2.33. The molecule has 1 N–H and O–H groups in total. The highest BCUT2D eigenvalue weighted by Crippen LogP contribution is 2.32. The van der Waals surface area contributed by atoms with Crippen LogP contribution in [0.2, 0.25) is 0 Å². The van der Waals surface area contributed by atoms with Crippen LogP contribution in [0.3, 0.4) is 0 Å². The first-order valence-electron chi connectivity index (χ1n) is 16.6. The Kier molecular flexibility index (Phi) is 11.1. The van der Waals surface area contributed by atoms with E-state index in [2.05, 4.69) is 10.4 Å². The van der Waals surface area contributed by atoms with E-state index < -0.39 is 23.5 Å². The second-order valence-corrected chi connectivity index (χ2v) is 13.4. The van der Waals surface area contributed by atoms with Gasteiger partial charge in [0.2, 0.25) is 0 Å². The molecule has 6 rings (SSSR count). The Bertz CT molecular complexity index is 2090. The molecule has 270 valence electrons. The second-order valence-electron chi connectivity index (χ2n) is 13.4. The first-order valence-corrected chi connectivity index (χ1v) is 16.6. The number of carbonyl (C=O) groups is 2. The van der Waals surface area contributed by atoms with Gasteiger partial charge in [-0.05, 0) is 68.3 Å². The zero-order valence-corrected chi connectivity index (χ0v) is 29.3. The number of piperidine rings is 1. The van der Waals surface area contributed by atoms with Crippen molar-refractivity contribution < 1.29 is 27.2 Å². The Labute approximate surface area is 299 Å². The number of nitrogens with one attached hydrogen (secondary N) is 1. The number of aromatic nitrogens is 4. The lowest BCUT2D eigenvalue weighted by Gasteiger charge is -2.34. The number of rotatable bonds is 6. The van der Waals surface area contributed by atoms with Gasteiger partial charge in [0.05, 0.1) is 67.3 Å². The molecular formula is C38H40F3N8O3+. The molecule has 1 fully saturated rings. The van der Waals surface area contributed by atoms with Crippen LogP contribution >= 0.6 is 0 Å². The summed E-state index contributed by atoms with van der Waals surface area (Å²) in [4.78, 5) is 42.4. The molecule has 3 heterocycles. The number of likely N-dealkylation sites (tertiary alicyclic amines) is 1. The van der Waals surface area contributed by atoms with Gasteiger partial charge in [-0.3, -0.25) is 9.36 Å². The van der Waals surface area contributed by atoms with E-state index in [1.807, 2.05) is 63.6 Å². The molecule has 1 aliphatic heterocycles. The summed E-state index contributed by atoms with van der Waals surface area (Å²) in [5.41, 5.74) is -0.203. The van der Waals surface area contributed by atoms with Crippen molar-refractivity contribution in [2.75, 3.05) is 40.8 Å². The number of benzene rings is 3. The summed E-state index contributed by atoms with van der Waals surface area (Å²) in [7, 11) is 5.79. The third-order valence-electron chi connectivity index (χ3n) is 8.50. The van der Waals surface area contributed by atoms with Crippen LogP contribution < -0.4 is 11.0 Å². The van der Waals surface area contributed by atoms with E-state index in [0.29, 0.717) is 53.9 Å². The molecule has 0 aliphatic carbocycles. The van der Waals surface area contributed by atoms with Crippen LogP contribution in [0, 0.1) is 18.3 Å². The van der Waals surface area contributed by atoms with Crippen LogP contribution in [0.1, 0.15) is 29.7 Å². The van der Waals surface area contributed by atoms with E-state index in [0.717, 1.165) is 21.3 Å². The minimum atomic E-state index is -4.65. The summed E-state index contributed by atoms with van der Waals surface area (Å²) in [6.07, 6.45) is -2.23. The van der Waals surface area contributed by atoms with Crippen molar-refractivity contribution in [1.82, 2.24) is 29.1 Å². The molecule has 2 aromatic heterocycles. The van der Waals surface area contributed by atoms with Crippen LogP contribution in [0.4, 0.5) is 18.0 Å². The maximum Gasteiger partial charge on any atom is 0.416 e. The highest BCUT2D eigenvalue weighted by molar-refractivity contribution is 5.83. The topological polar surface area (TPSA) is 118 Å². The summed E-state index contributed by atoms with van der Waals surface area (Å²) in [5, 5.41) is 16.5. The van der Waals surface area contributed by atoms with E-state index in [1.54, 1.807) is 42.2 Å². The maximum atomic E-state index is 14.0. The molecule has 11 nitrogen and oxygen atoms in total. The average molecular weight is 714 g/mol. The minimum Gasteiger partial charge on any atom is -0.338 e. The molecule has 5 aromatic rings. The van der Waals surface area contributed by atoms with Crippen molar-refractivity contribution >= 4 is 11.9 Å². The summed E-state index contributed by atoms with van der Waals surface area (Å²) in [6, 6.07) is 25.4. The largest absolute Gasteiger partial charge is 0.416 e. The lowest BCUT2D eigenvalue weighted by Crippen LogP contribution is -2.52. The zero-order valence-electron chi connectivity index (χ0n) is 29.3. The average Bonchev–Trinajstić information content (AvgIpc) is 3.70. The SMILES string of the molecule is Cc1c(-c2ccnn2-c2ccc(C#N)cc2)n(C(=O)NC2CCN(C(=O)C[N+](C)(C)C)CC2)c(=O)n1-c1cccc(C(F)(F)F)c1.c1ccccc1. The molecule has 0 bridgehead atoms. The number of hydrogen-bond acceptors (Lipinski definition) is 5. The molecule has 0 unspecified atom stereocenters. The second kappa shape index (κ2) is 15.5. The fourth-order valence-corrected chi connectivity index (χ4v) is 5.99. The molecule has 14 heteroatoms. The van der Waals surface area contributed by atoms with Crippen molar-refractivity contribution in [3.8, 4) is 28.8 Å². The molecule has 0 atom stereocenters. The van der Waals surface area contributed by atoms with E-state index in [1.165, 1.54) is 23.0 Å². The normalized spacial score (nSPS) is 13.5. The first-order chi connectivity index (χ1) is 24.7. The molecule has 52 heavy (non-hydrogen) atoms.